The highest BCUT2D eigenvalue weighted by molar-refractivity contribution is 7.26. The van der Waals surface area contributed by atoms with Crippen LogP contribution in [0.3, 0.4) is 0 Å². The molecule has 1 aliphatic heterocycles. The van der Waals surface area contributed by atoms with Gasteiger partial charge in [0.25, 0.3) is 0 Å². The zero-order valence-corrected chi connectivity index (χ0v) is 30.8. The molecule has 9 aromatic rings. The van der Waals surface area contributed by atoms with Gasteiger partial charge in [-0.15, -0.1) is 11.3 Å². The maximum atomic E-state index is 5.76. The Bertz CT molecular complexity index is 3010. The van der Waals surface area contributed by atoms with Crippen molar-refractivity contribution in [2.24, 2.45) is 10.9 Å². The van der Waals surface area contributed by atoms with Crippen molar-refractivity contribution >= 4 is 80.8 Å². The molecule has 0 saturated carbocycles. The van der Waals surface area contributed by atoms with E-state index in [1.54, 1.807) is 0 Å². The molecular weight excluding hydrogens is 659 g/mol. The van der Waals surface area contributed by atoms with E-state index in [0.717, 1.165) is 17.0 Å². The largest absolute Gasteiger partial charge is 0.251 e. The molecule has 0 spiro atoms. The Labute approximate surface area is 313 Å². The molecule has 1 atom stereocenters. The topological polar surface area (TPSA) is 12.4 Å². The Morgan fingerprint density at radius 1 is 0.472 bits per heavy atom. The highest BCUT2D eigenvalue weighted by Crippen LogP contribution is 2.45. The van der Waals surface area contributed by atoms with Crippen LogP contribution in [0, 0.1) is 5.92 Å². The number of hydrogen-bond donors (Lipinski definition) is 0. The summed E-state index contributed by atoms with van der Waals surface area (Å²) < 4.78 is 2.62. The van der Waals surface area contributed by atoms with Gasteiger partial charge in [0, 0.05) is 37.2 Å². The molecule has 0 aliphatic carbocycles. The predicted molar refractivity (Wildman–Crippen MR) is 231 cm³/mol. The summed E-state index contributed by atoms with van der Waals surface area (Å²) in [6.45, 7) is 6.91. The summed E-state index contributed by atoms with van der Waals surface area (Å²) in [5, 5.41) is 10.3. The van der Waals surface area contributed by atoms with Gasteiger partial charge < -0.3 is 0 Å². The van der Waals surface area contributed by atoms with Crippen molar-refractivity contribution in [2.45, 2.75) is 20.8 Å². The summed E-state index contributed by atoms with van der Waals surface area (Å²) >= 11 is 1.89. The molecule has 0 saturated heterocycles. The highest BCUT2D eigenvalue weighted by Gasteiger charge is 2.27. The minimum Gasteiger partial charge on any atom is -0.251 e. The van der Waals surface area contributed by atoms with E-state index >= 15 is 0 Å². The minimum absolute atomic E-state index is 0.0901. The minimum atomic E-state index is 0.0901. The van der Waals surface area contributed by atoms with Crippen molar-refractivity contribution in [1.82, 2.24) is 0 Å². The smallest absolute Gasteiger partial charge is 0.0741 e. The second-order valence-electron chi connectivity index (χ2n) is 14.4. The van der Waals surface area contributed by atoms with Crippen LogP contribution < -0.4 is 0 Å². The number of allylic oxidation sites excluding steroid dienone is 3. The fraction of sp³-hybridized carbons (Fsp3) is 0.0784. The Kier molecular flexibility index (Phi) is 7.49. The number of benzene rings is 8. The first-order valence-electron chi connectivity index (χ1n) is 18.4. The van der Waals surface area contributed by atoms with E-state index in [0.29, 0.717) is 0 Å². The monoisotopic (exact) mass is 695 g/mol. The molecule has 1 unspecified atom stereocenters. The summed E-state index contributed by atoms with van der Waals surface area (Å²) in [5.74, 6) is 0.0901. The molecule has 10 rings (SSSR count). The summed E-state index contributed by atoms with van der Waals surface area (Å²) in [4.78, 5) is 5.76. The molecule has 1 nitrogen and oxygen atoms in total. The van der Waals surface area contributed by atoms with Crippen molar-refractivity contribution in [3.05, 3.63) is 192 Å². The molecular formula is C51H37NS. The maximum absolute atomic E-state index is 5.76. The van der Waals surface area contributed by atoms with Gasteiger partial charge in [0.15, 0.2) is 0 Å². The van der Waals surface area contributed by atoms with Crippen LogP contribution in [-0.2, 0) is 0 Å². The van der Waals surface area contributed by atoms with E-state index < -0.39 is 0 Å². The number of nitrogens with zero attached hydrogens (tertiary/aromatic N) is 1. The van der Waals surface area contributed by atoms with Gasteiger partial charge in [-0.1, -0.05) is 152 Å². The van der Waals surface area contributed by atoms with Gasteiger partial charge in [-0.3, -0.25) is 4.99 Å². The molecule has 0 bridgehead atoms. The summed E-state index contributed by atoms with van der Waals surface area (Å²) in [6.07, 6.45) is 0. The first kappa shape index (κ1) is 31.6. The zero-order chi connectivity index (χ0) is 35.6. The predicted octanol–water partition coefficient (Wildman–Crippen LogP) is 14.5. The van der Waals surface area contributed by atoms with E-state index in [9.17, 15) is 0 Å². The van der Waals surface area contributed by atoms with Crippen LogP contribution in [0.25, 0.3) is 74.9 Å². The number of thiophene rings is 1. The van der Waals surface area contributed by atoms with Crippen LogP contribution in [0.4, 0.5) is 0 Å². The molecule has 0 fully saturated rings. The molecule has 1 aromatic heterocycles. The maximum Gasteiger partial charge on any atom is 0.0741 e. The van der Waals surface area contributed by atoms with Gasteiger partial charge >= 0.3 is 0 Å². The third kappa shape index (κ3) is 5.25. The standard InChI is InChI=1S/C51H37NS/c1-31-32(2)51(44-30-47-49(43-20-12-11-19-42(43)44)45-28-39-17-9-10-18-40(39)29-46(45)53-47)52-50(33(3)48(31)36-14-5-4-6-15-36)37-24-21-35(22-25-37)41-26-23-34-13-7-8-16-38(34)27-41/h4-30,32H,1-3H3. The van der Waals surface area contributed by atoms with E-state index in [1.807, 2.05) is 11.3 Å². The lowest BCUT2D eigenvalue weighted by Gasteiger charge is -2.20. The number of fused-ring (bicyclic) bond motifs is 7. The van der Waals surface area contributed by atoms with Crippen LogP contribution in [0.15, 0.2) is 180 Å². The van der Waals surface area contributed by atoms with Crippen LogP contribution in [0.5, 0.6) is 0 Å². The van der Waals surface area contributed by atoms with Gasteiger partial charge in [-0.05, 0) is 98.3 Å². The molecule has 2 heteroatoms. The summed E-state index contributed by atoms with van der Waals surface area (Å²) in [6, 6.07) is 60.0. The fourth-order valence-electron chi connectivity index (χ4n) is 8.49. The average Bonchev–Trinajstić information content (AvgIpc) is 3.53. The summed E-state index contributed by atoms with van der Waals surface area (Å²) in [7, 11) is 0. The SMILES string of the molecule is CC1=C(c2ccc(-c3ccc4ccccc4c3)cc2)N=C(c2cc3sc4cc5ccccc5cc4c3c3ccccc23)C(C)C(C)=C1c1ccccc1. The lowest BCUT2D eigenvalue weighted by Crippen LogP contribution is -2.15. The Morgan fingerprint density at radius 3 is 1.83 bits per heavy atom. The lowest BCUT2D eigenvalue weighted by molar-refractivity contribution is 0.921. The van der Waals surface area contributed by atoms with Crippen molar-refractivity contribution in [3.63, 3.8) is 0 Å². The van der Waals surface area contributed by atoms with E-state index in [1.165, 1.54) is 91.5 Å². The van der Waals surface area contributed by atoms with Crippen LogP contribution in [0.2, 0.25) is 0 Å². The average molecular weight is 696 g/mol. The Balaban J connectivity index is 1.19. The van der Waals surface area contributed by atoms with Gasteiger partial charge in [0.1, 0.15) is 0 Å². The van der Waals surface area contributed by atoms with Gasteiger partial charge in [-0.2, -0.15) is 0 Å². The number of aliphatic imine (C=N–C) groups is 1. The summed E-state index contributed by atoms with van der Waals surface area (Å²) in [5.41, 5.74) is 11.9. The first-order chi connectivity index (χ1) is 26.0. The van der Waals surface area contributed by atoms with Gasteiger partial charge in [-0.25, -0.2) is 0 Å². The fourth-order valence-corrected chi connectivity index (χ4v) is 9.68. The third-order valence-electron chi connectivity index (χ3n) is 11.3. The number of hydrogen-bond acceptors (Lipinski definition) is 2. The first-order valence-corrected chi connectivity index (χ1v) is 19.3. The molecule has 0 amide bonds. The van der Waals surface area contributed by atoms with Crippen molar-refractivity contribution < 1.29 is 0 Å². The van der Waals surface area contributed by atoms with E-state index in [2.05, 4.69) is 185 Å². The second-order valence-corrected chi connectivity index (χ2v) is 15.5. The van der Waals surface area contributed by atoms with Crippen LogP contribution >= 0.6 is 11.3 Å². The molecule has 2 heterocycles. The molecule has 252 valence electrons. The van der Waals surface area contributed by atoms with Gasteiger partial charge in [0.05, 0.1) is 11.4 Å². The van der Waals surface area contributed by atoms with Crippen molar-refractivity contribution in [3.8, 4) is 11.1 Å². The lowest BCUT2D eigenvalue weighted by atomic mass is 9.84. The quantitative estimate of drug-likeness (QED) is 0.174. The highest BCUT2D eigenvalue weighted by atomic mass is 32.1. The molecule has 8 aromatic carbocycles. The molecule has 1 aliphatic rings. The molecule has 0 radical (unpaired) electrons. The Morgan fingerprint density at radius 2 is 1.08 bits per heavy atom. The Hall–Kier alpha value is -6.09. The van der Waals surface area contributed by atoms with Crippen molar-refractivity contribution in [1.29, 1.82) is 0 Å². The zero-order valence-electron chi connectivity index (χ0n) is 30.0. The van der Waals surface area contributed by atoms with Gasteiger partial charge in [0.2, 0.25) is 0 Å². The van der Waals surface area contributed by atoms with E-state index in [4.69, 9.17) is 4.99 Å². The van der Waals surface area contributed by atoms with E-state index in [-0.39, 0.29) is 5.92 Å². The molecule has 53 heavy (non-hydrogen) atoms. The molecule has 0 N–H and O–H groups in total. The third-order valence-corrected chi connectivity index (χ3v) is 12.4. The van der Waals surface area contributed by atoms with Crippen molar-refractivity contribution in [2.75, 3.05) is 0 Å². The van der Waals surface area contributed by atoms with Crippen LogP contribution in [0.1, 0.15) is 37.5 Å². The normalized spacial score (nSPS) is 15.2. The van der Waals surface area contributed by atoms with Crippen LogP contribution in [-0.4, -0.2) is 5.71 Å². The number of rotatable bonds is 4. The second kappa shape index (κ2) is 12.5.